The van der Waals surface area contributed by atoms with Crippen molar-refractivity contribution in [3.63, 3.8) is 0 Å². The number of aromatic nitrogens is 4. The van der Waals surface area contributed by atoms with Crippen LogP contribution in [0.5, 0.6) is 0 Å². The molecule has 1 aromatic carbocycles. The first kappa shape index (κ1) is 25.4. The molecule has 2 amide bonds. The van der Waals surface area contributed by atoms with Gasteiger partial charge in [0.1, 0.15) is 6.54 Å². The zero-order valence-corrected chi connectivity index (χ0v) is 22.0. The van der Waals surface area contributed by atoms with Crippen LogP contribution in [0.4, 0.5) is 5.95 Å². The molecule has 0 saturated carbocycles. The third-order valence-corrected chi connectivity index (χ3v) is 7.80. The minimum absolute atomic E-state index is 0.0313. The fourth-order valence-corrected chi connectivity index (χ4v) is 5.55. The molecule has 12 heteroatoms. The number of amides is 2. The van der Waals surface area contributed by atoms with Crippen LogP contribution in [-0.4, -0.2) is 80.4 Å². The largest absolute Gasteiger partial charge is 0.381 e. The van der Waals surface area contributed by atoms with Crippen molar-refractivity contribution in [2.75, 3.05) is 38.2 Å². The first-order chi connectivity index (χ1) is 19.0. The molecular formula is C27H28ClN7O4. The van der Waals surface area contributed by atoms with Gasteiger partial charge in [-0.2, -0.15) is 0 Å². The predicted octanol–water partition coefficient (Wildman–Crippen LogP) is 2.05. The number of benzene rings is 1. The topological polar surface area (TPSA) is 133 Å². The van der Waals surface area contributed by atoms with E-state index in [-0.39, 0.29) is 30.0 Å². The summed E-state index contributed by atoms with van der Waals surface area (Å²) >= 11 is 6.46. The Morgan fingerprint density at radius 3 is 2.82 bits per heavy atom. The van der Waals surface area contributed by atoms with E-state index in [1.54, 1.807) is 22.1 Å². The molecule has 0 radical (unpaired) electrons. The Morgan fingerprint density at radius 2 is 1.97 bits per heavy atom. The van der Waals surface area contributed by atoms with Gasteiger partial charge in [0.05, 0.1) is 28.9 Å². The van der Waals surface area contributed by atoms with Crippen molar-refractivity contribution in [2.24, 2.45) is 0 Å². The molecule has 3 aliphatic heterocycles. The molecule has 2 N–H and O–H groups in total. The van der Waals surface area contributed by atoms with E-state index in [1.807, 2.05) is 12.1 Å². The Balaban J connectivity index is 1.14. The Kier molecular flexibility index (Phi) is 7.01. The molecule has 0 atom stereocenters. The number of nitrogens with zero attached hydrogens (tertiary/aromatic N) is 5. The Labute approximate surface area is 229 Å². The van der Waals surface area contributed by atoms with Gasteiger partial charge in [-0.3, -0.25) is 14.4 Å². The number of anilines is 1. The van der Waals surface area contributed by atoms with Crippen LogP contribution in [0.2, 0.25) is 5.02 Å². The summed E-state index contributed by atoms with van der Waals surface area (Å²) in [5.74, 6) is 0.127. The molecule has 5 heterocycles. The highest BCUT2D eigenvalue weighted by atomic mass is 35.5. The molecule has 2 aromatic heterocycles. The van der Waals surface area contributed by atoms with Gasteiger partial charge in [-0.15, -0.1) is 0 Å². The van der Waals surface area contributed by atoms with Crippen LogP contribution in [0.25, 0.3) is 11.3 Å². The Hall–Kier alpha value is -3.83. The lowest BCUT2D eigenvalue weighted by Crippen LogP contribution is -2.41. The van der Waals surface area contributed by atoms with E-state index in [0.717, 1.165) is 24.1 Å². The number of nitrogens with one attached hydrogen (secondary N) is 2. The number of hydrogen-bond donors (Lipinski definition) is 2. The van der Waals surface area contributed by atoms with Crippen molar-refractivity contribution in [1.29, 1.82) is 0 Å². The average molecular weight is 550 g/mol. The highest BCUT2D eigenvalue weighted by Crippen LogP contribution is 2.32. The van der Waals surface area contributed by atoms with Crippen molar-refractivity contribution >= 4 is 29.4 Å². The van der Waals surface area contributed by atoms with Gasteiger partial charge >= 0.3 is 0 Å². The molecule has 3 aliphatic rings. The lowest BCUT2D eigenvalue weighted by atomic mass is 10.0. The summed E-state index contributed by atoms with van der Waals surface area (Å²) in [6.07, 6.45) is 5.66. The van der Waals surface area contributed by atoms with Crippen LogP contribution in [0.1, 0.15) is 40.0 Å². The number of hydrogen-bond acceptors (Lipinski definition) is 8. The quantitative estimate of drug-likeness (QED) is 0.494. The van der Waals surface area contributed by atoms with E-state index in [0.29, 0.717) is 79.0 Å². The number of halogens is 1. The maximum atomic E-state index is 13.3. The fraction of sp³-hybridized carbons (Fsp3) is 0.407. The number of aromatic amines is 1. The van der Waals surface area contributed by atoms with E-state index in [2.05, 4.69) is 25.3 Å². The third-order valence-electron chi connectivity index (χ3n) is 7.53. The molecule has 0 spiro atoms. The summed E-state index contributed by atoms with van der Waals surface area (Å²) in [4.78, 5) is 57.7. The van der Waals surface area contributed by atoms with Crippen LogP contribution in [-0.2, 0) is 28.9 Å². The lowest BCUT2D eigenvalue weighted by molar-refractivity contribution is -0.131. The van der Waals surface area contributed by atoms with E-state index in [9.17, 15) is 14.4 Å². The number of rotatable bonds is 5. The van der Waals surface area contributed by atoms with Gasteiger partial charge < -0.3 is 24.8 Å². The average Bonchev–Trinajstić information content (AvgIpc) is 3.10. The second-order valence-corrected chi connectivity index (χ2v) is 10.4. The van der Waals surface area contributed by atoms with Crippen LogP contribution < -0.4 is 10.9 Å². The van der Waals surface area contributed by atoms with Crippen molar-refractivity contribution in [3.05, 3.63) is 68.5 Å². The standard InChI is InChI=1S/C27H28ClN7O4/c28-21-12-29-27(32-18-5-9-39-10-6-18)33-24(21)16-1-2-17-13-35(26(38)20(17)11-16)14-23(36)34-7-3-19-22(4-8-34)30-15-31-25(19)37/h1-2,11-12,15,18H,3-10,13-14H2,(H,29,32,33)(H,30,31,37). The van der Waals surface area contributed by atoms with E-state index in [1.165, 1.54) is 6.33 Å². The van der Waals surface area contributed by atoms with E-state index in [4.69, 9.17) is 16.3 Å². The predicted molar refractivity (Wildman–Crippen MR) is 144 cm³/mol. The maximum Gasteiger partial charge on any atom is 0.254 e. The third kappa shape index (κ3) is 5.24. The number of carbonyl (C=O) groups excluding carboxylic acids is 2. The number of fused-ring (bicyclic) bond motifs is 2. The minimum atomic E-state index is -0.206. The number of H-pyrrole nitrogens is 1. The molecule has 39 heavy (non-hydrogen) atoms. The summed E-state index contributed by atoms with van der Waals surface area (Å²) in [6, 6.07) is 5.79. The van der Waals surface area contributed by atoms with E-state index >= 15 is 0 Å². The van der Waals surface area contributed by atoms with Crippen molar-refractivity contribution in [3.8, 4) is 11.3 Å². The van der Waals surface area contributed by atoms with Crippen LogP contribution in [0, 0.1) is 0 Å². The monoisotopic (exact) mass is 549 g/mol. The van der Waals surface area contributed by atoms with Gasteiger partial charge in [-0.25, -0.2) is 15.0 Å². The van der Waals surface area contributed by atoms with Gasteiger partial charge in [0.15, 0.2) is 0 Å². The summed E-state index contributed by atoms with van der Waals surface area (Å²) in [6.45, 7) is 2.59. The van der Waals surface area contributed by atoms with Crippen molar-refractivity contribution < 1.29 is 14.3 Å². The maximum absolute atomic E-state index is 13.3. The molecule has 0 bridgehead atoms. The molecule has 0 unspecified atom stereocenters. The SMILES string of the molecule is O=C(CN1Cc2ccc(-c3nc(NC4CCOCC4)ncc3Cl)cc2C1=O)N1CCc2nc[nH]c(=O)c2CC1. The van der Waals surface area contributed by atoms with Crippen LogP contribution >= 0.6 is 11.6 Å². The van der Waals surface area contributed by atoms with Crippen molar-refractivity contribution in [1.82, 2.24) is 29.7 Å². The van der Waals surface area contributed by atoms with Gasteiger partial charge in [0.25, 0.3) is 11.5 Å². The zero-order chi connectivity index (χ0) is 26.9. The normalized spacial score (nSPS) is 17.5. The first-order valence-corrected chi connectivity index (χ1v) is 13.5. The molecule has 0 aliphatic carbocycles. The fourth-order valence-electron chi connectivity index (χ4n) is 5.35. The number of ether oxygens (including phenoxy) is 1. The summed E-state index contributed by atoms with van der Waals surface area (Å²) < 4.78 is 5.42. The molecule has 6 rings (SSSR count). The van der Waals surface area contributed by atoms with Gasteiger partial charge in [0, 0.05) is 62.0 Å². The molecular weight excluding hydrogens is 522 g/mol. The molecule has 3 aromatic rings. The molecule has 202 valence electrons. The highest BCUT2D eigenvalue weighted by Gasteiger charge is 2.31. The lowest BCUT2D eigenvalue weighted by Gasteiger charge is -2.23. The van der Waals surface area contributed by atoms with Crippen LogP contribution in [0.15, 0.2) is 35.5 Å². The summed E-state index contributed by atoms with van der Waals surface area (Å²) in [5.41, 5.74) is 3.82. The second kappa shape index (κ2) is 10.7. The molecule has 11 nitrogen and oxygen atoms in total. The number of carbonyl (C=O) groups is 2. The Bertz CT molecular complexity index is 1490. The van der Waals surface area contributed by atoms with E-state index < -0.39 is 0 Å². The summed E-state index contributed by atoms with van der Waals surface area (Å²) in [5, 5.41) is 3.74. The van der Waals surface area contributed by atoms with Gasteiger partial charge in [-0.1, -0.05) is 23.7 Å². The smallest absolute Gasteiger partial charge is 0.254 e. The second-order valence-electron chi connectivity index (χ2n) is 9.99. The molecule has 1 saturated heterocycles. The Morgan fingerprint density at radius 1 is 1.15 bits per heavy atom. The first-order valence-electron chi connectivity index (χ1n) is 13.1. The van der Waals surface area contributed by atoms with Crippen molar-refractivity contribution in [2.45, 2.75) is 38.3 Å². The zero-order valence-electron chi connectivity index (χ0n) is 21.3. The van der Waals surface area contributed by atoms with Gasteiger partial charge in [0.2, 0.25) is 11.9 Å². The molecule has 1 fully saturated rings. The minimum Gasteiger partial charge on any atom is -0.381 e. The highest BCUT2D eigenvalue weighted by molar-refractivity contribution is 6.33. The van der Waals surface area contributed by atoms with Gasteiger partial charge in [-0.05, 0) is 30.9 Å². The summed E-state index contributed by atoms with van der Waals surface area (Å²) in [7, 11) is 0. The van der Waals surface area contributed by atoms with Crippen LogP contribution in [0.3, 0.4) is 0 Å².